The summed E-state index contributed by atoms with van der Waals surface area (Å²) in [6.45, 7) is 1.96. The van der Waals surface area contributed by atoms with Crippen LogP contribution in [-0.2, 0) is 10.0 Å². The Morgan fingerprint density at radius 2 is 1.96 bits per heavy atom. The van der Waals surface area contributed by atoms with Crippen molar-refractivity contribution in [3.63, 3.8) is 0 Å². The summed E-state index contributed by atoms with van der Waals surface area (Å²) in [5.74, 6) is -0.413. The molecule has 0 saturated heterocycles. The molecule has 0 atom stereocenters. The molecule has 3 rings (SSSR count). The lowest BCUT2D eigenvalue weighted by Gasteiger charge is -2.13. The Morgan fingerprint density at radius 3 is 2.62 bits per heavy atom. The van der Waals surface area contributed by atoms with Crippen LogP contribution in [0.4, 0.5) is 5.13 Å². The summed E-state index contributed by atoms with van der Waals surface area (Å²) in [5, 5.41) is 3.22. The van der Waals surface area contributed by atoms with Crippen LogP contribution < -0.4 is 5.32 Å². The highest BCUT2D eigenvalue weighted by Crippen LogP contribution is 2.29. The van der Waals surface area contributed by atoms with Crippen LogP contribution in [0.2, 0.25) is 0 Å². The number of sulfonamides is 1. The summed E-state index contributed by atoms with van der Waals surface area (Å²) >= 11 is 4.61. The van der Waals surface area contributed by atoms with Gasteiger partial charge in [-0.25, -0.2) is 17.7 Å². The molecule has 0 aliphatic carbocycles. The van der Waals surface area contributed by atoms with Gasteiger partial charge in [-0.2, -0.15) is 0 Å². The highest BCUT2D eigenvalue weighted by atomic mass is 79.9. The van der Waals surface area contributed by atoms with Crippen LogP contribution in [0.3, 0.4) is 0 Å². The molecule has 0 aliphatic rings. The van der Waals surface area contributed by atoms with Gasteiger partial charge in [0.15, 0.2) is 5.13 Å². The zero-order valence-corrected chi connectivity index (χ0v) is 17.5. The summed E-state index contributed by atoms with van der Waals surface area (Å²) in [4.78, 5) is 17.1. The number of carbonyl (C=O) groups excluding carboxylic acids is 1. The van der Waals surface area contributed by atoms with Crippen molar-refractivity contribution in [2.75, 3.05) is 19.4 Å². The van der Waals surface area contributed by atoms with E-state index in [1.807, 2.05) is 25.1 Å². The smallest absolute Gasteiger partial charge is 0.257 e. The summed E-state index contributed by atoms with van der Waals surface area (Å²) in [5.41, 5.74) is 2.12. The van der Waals surface area contributed by atoms with Crippen molar-refractivity contribution in [2.24, 2.45) is 0 Å². The summed E-state index contributed by atoms with van der Waals surface area (Å²) < 4.78 is 27.3. The molecule has 0 spiro atoms. The van der Waals surface area contributed by atoms with Crippen LogP contribution >= 0.6 is 27.3 Å². The minimum Gasteiger partial charge on any atom is -0.298 e. The quantitative estimate of drug-likeness (QED) is 0.649. The molecule has 2 aromatic carbocycles. The zero-order chi connectivity index (χ0) is 19.1. The molecule has 1 N–H and O–H groups in total. The third-order valence-corrected chi connectivity index (χ3v) is 7.54. The van der Waals surface area contributed by atoms with E-state index in [0.29, 0.717) is 9.60 Å². The molecule has 0 unspecified atom stereocenters. The number of aromatic nitrogens is 1. The SMILES string of the molecule is Cc1cccc2sc(NC(=O)c3ccc(Br)c(S(=O)(=O)N(C)C)c3)nc12. The summed E-state index contributed by atoms with van der Waals surface area (Å²) in [7, 11) is -0.784. The van der Waals surface area contributed by atoms with Crippen molar-refractivity contribution < 1.29 is 13.2 Å². The van der Waals surface area contributed by atoms with Crippen LogP contribution in [0.1, 0.15) is 15.9 Å². The molecule has 136 valence electrons. The van der Waals surface area contributed by atoms with Gasteiger partial charge in [0, 0.05) is 24.1 Å². The number of aryl methyl sites for hydroxylation is 1. The van der Waals surface area contributed by atoms with Gasteiger partial charge in [0.05, 0.1) is 15.1 Å². The normalized spacial score (nSPS) is 11.9. The monoisotopic (exact) mass is 453 g/mol. The largest absolute Gasteiger partial charge is 0.298 e. The van der Waals surface area contributed by atoms with E-state index >= 15 is 0 Å². The Kier molecular flexibility index (Phi) is 5.16. The number of para-hydroxylation sites is 1. The first-order valence-corrected chi connectivity index (χ1v) is 10.6. The standard InChI is InChI=1S/C17H16BrN3O3S2/c1-10-5-4-6-13-15(10)19-17(25-13)20-16(22)11-7-8-12(18)14(9-11)26(23,24)21(2)3/h4-9H,1-3H3,(H,19,20,22). The number of thiazole rings is 1. The van der Waals surface area contributed by atoms with Gasteiger partial charge in [-0.1, -0.05) is 23.5 Å². The zero-order valence-electron chi connectivity index (χ0n) is 14.3. The van der Waals surface area contributed by atoms with Gasteiger partial charge < -0.3 is 0 Å². The van der Waals surface area contributed by atoms with Gasteiger partial charge in [0.1, 0.15) is 0 Å². The first-order chi connectivity index (χ1) is 12.2. The molecular weight excluding hydrogens is 438 g/mol. The molecule has 3 aromatic rings. The van der Waals surface area contributed by atoms with E-state index in [1.54, 1.807) is 12.1 Å². The number of hydrogen-bond acceptors (Lipinski definition) is 5. The molecule has 0 fully saturated rings. The maximum absolute atomic E-state index is 12.6. The lowest BCUT2D eigenvalue weighted by Crippen LogP contribution is -2.23. The highest BCUT2D eigenvalue weighted by molar-refractivity contribution is 9.10. The van der Waals surface area contributed by atoms with Crippen molar-refractivity contribution in [3.05, 3.63) is 52.0 Å². The Hall–Kier alpha value is -1.81. The van der Waals surface area contributed by atoms with Gasteiger partial charge >= 0.3 is 0 Å². The van der Waals surface area contributed by atoms with Crippen LogP contribution in [0.5, 0.6) is 0 Å². The van der Waals surface area contributed by atoms with E-state index < -0.39 is 15.9 Å². The van der Waals surface area contributed by atoms with Gasteiger partial charge in [0.2, 0.25) is 10.0 Å². The number of benzene rings is 2. The molecule has 1 heterocycles. The minimum absolute atomic E-state index is 0.0373. The third kappa shape index (κ3) is 3.52. The first-order valence-electron chi connectivity index (χ1n) is 7.60. The van der Waals surface area contributed by atoms with Crippen molar-refractivity contribution in [1.82, 2.24) is 9.29 Å². The van der Waals surface area contributed by atoms with Crippen molar-refractivity contribution >= 4 is 58.5 Å². The number of anilines is 1. The first kappa shape index (κ1) is 19.0. The number of fused-ring (bicyclic) bond motifs is 1. The molecule has 6 nitrogen and oxygen atoms in total. The number of nitrogens with one attached hydrogen (secondary N) is 1. The summed E-state index contributed by atoms with van der Waals surface area (Å²) in [6.07, 6.45) is 0. The van der Waals surface area contributed by atoms with E-state index in [0.717, 1.165) is 20.1 Å². The summed E-state index contributed by atoms with van der Waals surface area (Å²) in [6, 6.07) is 10.3. The Balaban J connectivity index is 1.94. The Morgan fingerprint density at radius 1 is 1.23 bits per heavy atom. The van der Waals surface area contributed by atoms with Crippen LogP contribution in [-0.4, -0.2) is 37.7 Å². The van der Waals surface area contributed by atoms with Crippen LogP contribution in [0.15, 0.2) is 45.8 Å². The van der Waals surface area contributed by atoms with Gasteiger partial charge in [-0.15, -0.1) is 0 Å². The molecular formula is C17H16BrN3O3S2. The molecule has 0 aliphatic heterocycles. The molecule has 1 amide bonds. The van der Waals surface area contributed by atoms with E-state index in [4.69, 9.17) is 0 Å². The van der Waals surface area contributed by atoms with Crippen LogP contribution in [0.25, 0.3) is 10.2 Å². The average molecular weight is 454 g/mol. The fourth-order valence-electron chi connectivity index (χ4n) is 2.35. The number of carbonyl (C=O) groups is 1. The maximum atomic E-state index is 12.6. The number of amides is 1. The molecule has 0 radical (unpaired) electrons. The van der Waals surface area contributed by atoms with E-state index in [2.05, 4.69) is 26.2 Å². The third-order valence-electron chi connectivity index (χ3n) is 3.79. The van der Waals surface area contributed by atoms with Crippen molar-refractivity contribution in [3.8, 4) is 0 Å². The molecule has 26 heavy (non-hydrogen) atoms. The van der Waals surface area contributed by atoms with Crippen LogP contribution in [0, 0.1) is 6.92 Å². The number of nitrogens with zero attached hydrogens (tertiary/aromatic N) is 2. The van der Waals surface area contributed by atoms with Gasteiger partial charge in [0.25, 0.3) is 5.91 Å². The number of halogens is 1. The van der Waals surface area contributed by atoms with E-state index in [-0.39, 0.29) is 10.5 Å². The molecule has 0 saturated carbocycles. The lowest BCUT2D eigenvalue weighted by atomic mass is 10.2. The second-order valence-electron chi connectivity index (χ2n) is 5.83. The fraction of sp³-hybridized carbons (Fsp3) is 0.176. The number of rotatable bonds is 4. The predicted octanol–water partition coefficient (Wildman–Crippen LogP) is 3.87. The highest BCUT2D eigenvalue weighted by Gasteiger charge is 2.22. The Bertz CT molecular complexity index is 1110. The topological polar surface area (TPSA) is 79.4 Å². The van der Waals surface area contributed by atoms with E-state index in [1.165, 1.54) is 31.5 Å². The second kappa shape index (κ2) is 7.07. The molecule has 9 heteroatoms. The van der Waals surface area contributed by atoms with Crippen molar-refractivity contribution in [2.45, 2.75) is 11.8 Å². The fourth-order valence-corrected chi connectivity index (χ4v) is 5.13. The molecule has 0 bridgehead atoms. The van der Waals surface area contributed by atoms with Gasteiger partial charge in [-0.3, -0.25) is 10.1 Å². The van der Waals surface area contributed by atoms with Crippen molar-refractivity contribution in [1.29, 1.82) is 0 Å². The maximum Gasteiger partial charge on any atom is 0.257 e. The number of hydrogen-bond donors (Lipinski definition) is 1. The Labute approximate surface area is 164 Å². The predicted molar refractivity (Wildman–Crippen MR) is 107 cm³/mol. The minimum atomic E-state index is -3.67. The lowest BCUT2D eigenvalue weighted by molar-refractivity contribution is 0.102. The van der Waals surface area contributed by atoms with Gasteiger partial charge in [-0.05, 0) is 52.7 Å². The van der Waals surface area contributed by atoms with E-state index in [9.17, 15) is 13.2 Å². The molecule has 1 aromatic heterocycles. The average Bonchev–Trinajstić information content (AvgIpc) is 2.98. The second-order valence-corrected chi connectivity index (χ2v) is 9.83.